The third-order valence-electron chi connectivity index (χ3n) is 1.87. The van der Waals surface area contributed by atoms with Crippen molar-refractivity contribution in [3.05, 3.63) is 36.9 Å². The second-order valence-corrected chi connectivity index (χ2v) is 2.91. The Hall–Kier alpha value is -1.84. The Balaban J connectivity index is 2.31. The van der Waals surface area contributed by atoms with Gasteiger partial charge in [-0.25, -0.2) is 4.68 Å². The highest BCUT2D eigenvalue weighted by atomic mass is 15.3. The van der Waals surface area contributed by atoms with Gasteiger partial charge in [-0.15, -0.1) is 0 Å². The number of anilines is 1. The van der Waals surface area contributed by atoms with E-state index in [9.17, 15) is 0 Å². The minimum Gasteiger partial charge on any atom is -0.384 e. The lowest BCUT2D eigenvalue weighted by Gasteiger charge is -2.05. The highest BCUT2D eigenvalue weighted by Crippen LogP contribution is 2.10. The minimum absolute atomic E-state index is 0.893. The molecule has 14 heavy (non-hydrogen) atoms. The van der Waals surface area contributed by atoms with Crippen molar-refractivity contribution in [2.45, 2.75) is 6.92 Å². The third-order valence-corrected chi connectivity index (χ3v) is 1.87. The number of pyridine rings is 1. The van der Waals surface area contributed by atoms with Crippen molar-refractivity contribution in [2.75, 3.05) is 11.9 Å². The smallest absolute Gasteiger partial charge is 0.0849 e. The fraction of sp³-hybridized carbons (Fsp3) is 0.200. The van der Waals surface area contributed by atoms with Crippen LogP contribution in [0.5, 0.6) is 0 Å². The fourth-order valence-electron chi connectivity index (χ4n) is 1.28. The molecule has 72 valence electrons. The predicted octanol–water partition coefficient (Wildman–Crippen LogP) is 1.70. The van der Waals surface area contributed by atoms with Gasteiger partial charge in [0.15, 0.2) is 0 Å². The monoisotopic (exact) mass is 188 g/mol. The highest BCUT2D eigenvalue weighted by molar-refractivity contribution is 5.47. The number of hydrogen-bond donors (Lipinski definition) is 1. The van der Waals surface area contributed by atoms with Crippen LogP contribution >= 0.6 is 0 Å². The lowest BCUT2D eigenvalue weighted by Crippen LogP contribution is -2.00. The van der Waals surface area contributed by atoms with Gasteiger partial charge < -0.3 is 5.32 Å². The van der Waals surface area contributed by atoms with Crippen LogP contribution in [0.1, 0.15) is 6.92 Å². The summed E-state index contributed by atoms with van der Waals surface area (Å²) < 4.78 is 1.79. The van der Waals surface area contributed by atoms with Gasteiger partial charge in [0.2, 0.25) is 0 Å². The first-order valence-corrected chi connectivity index (χ1v) is 4.59. The van der Waals surface area contributed by atoms with Gasteiger partial charge in [-0.05, 0) is 19.1 Å². The molecule has 0 saturated carbocycles. The summed E-state index contributed by atoms with van der Waals surface area (Å²) in [6, 6.07) is 3.91. The average molecular weight is 188 g/mol. The van der Waals surface area contributed by atoms with Crippen molar-refractivity contribution < 1.29 is 0 Å². The zero-order valence-electron chi connectivity index (χ0n) is 8.01. The molecule has 0 amide bonds. The van der Waals surface area contributed by atoms with Crippen molar-refractivity contribution in [1.82, 2.24) is 14.8 Å². The molecular formula is C10H12N4. The van der Waals surface area contributed by atoms with Crippen molar-refractivity contribution in [2.24, 2.45) is 0 Å². The van der Waals surface area contributed by atoms with Gasteiger partial charge in [-0.1, -0.05) is 0 Å². The molecule has 0 aromatic carbocycles. The molecule has 1 N–H and O–H groups in total. The van der Waals surface area contributed by atoms with E-state index in [-0.39, 0.29) is 0 Å². The molecule has 0 fully saturated rings. The molecule has 0 aliphatic rings. The SMILES string of the molecule is CCNc1cncc(-n2cccn2)c1. The van der Waals surface area contributed by atoms with E-state index >= 15 is 0 Å². The number of nitrogens with zero attached hydrogens (tertiary/aromatic N) is 3. The lowest BCUT2D eigenvalue weighted by atomic mass is 10.3. The quantitative estimate of drug-likeness (QED) is 0.797. The van der Waals surface area contributed by atoms with Crippen LogP contribution in [0.15, 0.2) is 36.9 Å². The maximum absolute atomic E-state index is 4.14. The zero-order chi connectivity index (χ0) is 9.80. The maximum atomic E-state index is 4.14. The van der Waals surface area contributed by atoms with Crippen LogP contribution < -0.4 is 5.32 Å². The van der Waals surface area contributed by atoms with Gasteiger partial charge in [0, 0.05) is 18.9 Å². The molecule has 2 rings (SSSR count). The number of hydrogen-bond acceptors (Lipinski definition) is 3. The molecule has 0 atom stereocenters. The fourth-order valence-corrected chi connectivity index (χ4v) is 1.28. The molecule has 0 bridgehead atoms. The van der Waals surface area contributed by atoms with Crippen LogP contribution in [-0.4, -0.2) is 21.3 Å². The molecular weight excluding hydrogens is 176 g/mol. The zero-order valence-corrected chi connectivity index (χ0v) is 8.01. The first kappa shape index (κ1) is 8.74. The van der Waals surface area contributed by atoms with Gasteiger partial charge in [0.25, 0.3) is 0 Å². The molecule has 4 nitrogen and oxygen atoms in total. The molecule has 0 saturated heterocycles. The first-order chi connectivity index (χ1) is 6.90. The third kappa shape index (κ3) is 1.74. The van der Waals surface area contributed by atoms with E-state index in [0.717, 1.165) is 17.9 Å². The van der Waals surface area contributed by atoms with Crippen LogP contribution in [0.3, 0.4) is 0 Å². The maximum Gasteiger partial charge on any atom is 0.0849 e. The largest absolute Gasteiger partial charge is 0.384 e. The standard InChI is InChI=1S/C10H12N4/c1-2-12-9-6-10(8-11-7-9)14-5-3-4-13-14/h3-8,12H,2H2,1H3. The van der Waals surface area contributed by atoms with E-state index in [4.69, 9.17) is 0 Å². The Morgan fingerprint density at radius 2 is 2.36 bits per heavy atom. The molecule has 4 heteroatoms. The summed E-state index contributed by atoms with van der Waals surface area (Å²) in [5.74, 6) is 0. The Labute approximate surface area is 82.6 Å². The Kier molecular flexibility index (Phi) is 2.44. The summed E-state index contributed by atoms with van der Waals surface area (Å²) in [5.41, 5.74) is 1.98. The minimum atomic E-state index is 0.893. The van der Waals surface area contributed by atoms with Crippen LogP contribution in [-0.2, 0) is 0 Å². The Bertz CT molecular complexity index is 394. The van der Waals surface area contributed by atoms with E-state index < -0.39 is 0 Å². The van der Waals surface area contributed by atoms with E-state index in [1.54, 1.807) is 23.3 Å². The predicted molar refractivity (Wildman–Crippen MR) is 55.5 cm³/mol. The summed E-state index contributed by atoms with van der Waals surface area (Å²) in [7, 11) is 0. The Morgan fingerprint density at radius 3 is 3.07 bits per heavy atom. The van der Waals surface area contributed by atoms with E-state index in [2.05, 4.69) is 22.3 Å². The van der Waals surface area contributed by atoms with Gasteiger partial charge in [0.1, 0.15) is 0 Å². The summed E-state index contributed by atoms with van der Waals surface area (Å²) in [4.78, 5) is 4.14. The number of rotatable bonds is 3. The Morgan fingerprint density at radius 1 is 1.43 bits per heavy atom. The second kappa shape index (κ2) is 3.91. The number of aromatic nitrogens is 3. The topological polar surface area (TPSA) is 42.7 Å². The molecule has 2 aromatic rings. The summed E-state index contributed by atoms with van der Waals surface area (Å²) >= 11 is 0. The molecule has 0 aliphatic carbocycles. The van der Waals surface area contributed by atoms with Crippen LogP contribution in [0.2, 0.25) is 0 Å². The van der Waals surface area contributed by atoms with Crippen LogP contribution in [0, 0.1) is 0 Å². The summed E-state index contributed by atoms with van der Waals surface area (Å²) in [5, 5.41) is 7.34. The molecule has 2 aromatic heterocycles. The normalized spacial score (nSPS) is 10.1. The summed E-state index contributed by atoms with van der Waals surface area (Å²) in [6.07, 6.45) is 7.23. The summed E-state index contributed by atoms with van der Waals surface area (Å²) in [6.45, 7) is 2.95. The lowest BCUT2D eigenvalue weighted by molar-refractivity contribution is 0.874. The van der Waals surface area contributed by atoms with Crippen LogP contribution in [0.4, 0.5) is 5.69 Å². The van der Waals surface area contributed by atoms with Crippen LogP contribution in [0.25, 0.3) is 5.69 Å². The second-order valence-electron chi connectivity index (χ2n) is 2.91. The first-order valence-electron chi connectivity index (χ1n) is 4.59. The van der Waals surface area contributed by atoms with Gasteiger partial charge >= 0.3 is 0 Å². The van der Waals surface area contributed by atoms with Gasteiger partial charge in [0.05, 0.1) is 23.8 Å². The van der Waals surface area contributed by atoms with E-state index in [1.807, 2.05) is 18.3 Å². The molecule has 0 aliphatic heterocycles. The van der Waals surface area contributed by atoms with Crippen molar-refractivity contribution in [1.29, 1.82) is 0 Å². The van der Waals surface area contributed by atoms with Crippen molar-refractivity contribution in [3.63, 3.8) is 0 Å². The van der Waals surface area contributed by atoms with Crippen molar-refractivity contribution in [3.8, 4) is 5.69 Å². The molecule has 2 heterocycles. The average Bonchev–Trinajstić information content (AvgIpc) is 2.71. The number of nitrogens with one attached hydrogen (secondary N) is 1. The van der Waals surface area contributed by atoms with E-state index in [0.29, 0.717) is 0 Å². The molecule has 0 radical (unpaired) electrons. The van der Waals surface area contributed by atoms with Crippen molar-refractivity contribution >= 4 is 5.69 Å². The highest BCUT2D eigenvalue weighted by Gasteiger charge is 1.97. The van der Waals surface area contributed by atoms with Gasteiger partial charge in [-0.3, -0.25) is 4.98 Å². The van der Waals surface area contributed by atoms with E-state index in [1.165, 1.54) is 0 Å². The van der Waals surface area contributed by atoms with Gasteiger partial charge in [-0.2, -0.15) is 5.10 Å². The molecule has 0 spiro atoms. The molecule has 0 unspecified atom stereocenters.